The predicted octanol–water partition coefficient (Wildman–Crippen LogP) is 1.85. The highest BCUT2D eigenvalue weighted by Gasteiger charge is 2.27. The minimum absolute atomic E-state index is 0.107. The molecule has 1 fully saturated rings. The maximum Gasteiger partial charge on any atom is 0.336 e. The van der Waals surface area contributed by atoms with Gasteiger partial charge in [-0.15, -0.1) is 0 Å². The van der Waals surface area contributed by atoms with Gasteiger partial charge < -0.3 is 9.47 Å². The van der Waals surface area contributed by atoms with Gasteiger partial charge in [0.15, 0.2) is 6.10 Å². The molecule has 4 nitrogen and oxygen atoms in total. The van der Waals surface area contributed by atoms with Crippen LogP contribution in [0, 0.1) is 5.82 Å². The molecule has 19 heavy (non-hydrogen) atoms. The second kappa shape index (κ2) is 6.32. The van der Waals surface area contributed by atoms with Crippen LogP contribution in [0.15, 0.2) is 18.2 Å². The molecule has 1 atom stereocenters. The molecule has 1 aliphatic rings. The first-order chi connectivity index (χ1) is 9.11. The number of methoxy groups -OCH3 is 1. The van der Waals surface area contributed by atoms with Crippen molar-refractivity contribution in [1.29, 1.82) is 0 Å². The van der Waals surface area contributed by atoms with Crippen LogP contribution in [0.3, 0.4) is 0 Å². The molecule has 0 spiro atoms. The zero-order chi connectivity index (χ0) is 13.8. The SMILES string of the molecule is COC(=O)[C@H]1CN(Cc2cccc(Cl)c2F)CCO1. The van der Waals surface area contributed by atoms with Crippen LogP contribution in [0.1, 0.15) is 5.56 Å². The highest BCUT2D eigenvalue weighted by Crippen LogP contribution is 2.20. The Kier molecular flexibility index (Phi) is 4.74. The summed E-state index contributed by atoms with van der Waals surface area (Å²) in [5, 5.41) is 0.107. The fourth-order valence-corrected chi connectivity index (χ4v) is 2.23. The minimum Gasteiger partial charge on any atom is -0.467 e. The van der Waals surface area contributed by atoms with Crippen LogP contribution in [0.5, 0.6) is 0 Å². The number of esters is 1. The number of hydrogen-bond donors (Lipinski definition) is 0. The molecule has 0 aromatic heterocycles. The second-order valence-corrected chi connectivity index (χ2v) is 4.74. The van der Waals surface area contributed by atoms with Crippen LogP contribution in [-0.4, -0.2) is 43.8 Å². The number of halogens is 2. The standard InChI is InChI=1S/C13H15ClFNO3/c1-18-13(17)11-8-16(5-6-19-11)7-9-3-2-4-10(14)12(9)15/h2-4,11H,5-8H2,1H3/t11-/m1/s1. The molecule has 0 saturated carbocycles. The lowest BCUT2D eigenvalue weighted by molar-refractivity contribution is -0.160. The Balaban J connectivity index is 2.03. The monoisotopic (exact) mass is 287 g/mol. The van der Waals surface area contributed by atoms with E-state index in [2.05, 4.69) is 4.74 Å². The van der Waals surface area contributed by atoms with Crippen LogP contribution in [0.2, 0.25) is 5.02 Å². The molecule has 0 N–H and O–H groups in total. The number of nitrogens with zero attached hydrogens (tertiary/aromatic N) is 1. The summed E-state index contributed by atoms with van der Waals surface area (Å²) < 4.78 is 23.8. The third-order valence-corrected chi connectivity index (χ3v) is 3.33. The average Bonchev–Trinajstić information content (AvgIpc) is 2.43. The van der Waals surface area contributed by atoms with E-state index in [1.54, 1.807) is 12.1 Å². The Morgan fingerprint density at radius 2 is 2.42 bits per heavy atom. The van der Waals surface area contributed by atoms with Crippen LogP contribution in [0.4, 0.5) is 4.39 Å². The maximum atomic E-state index is 13.8. The number of carbonyl (C=O) groups excluding carboxylic acids is 1. The molecule has 0 bridgehead atoms. The van der Waals surface area contributed by atoms with Gasteiger partial charge in [-0.25, -0.2) is 9.18 Å². The Hall–Kier alpha value is -1.17. The number of hydrogen-bond acceptors (Lipinski definition) is 4. The molecule has 1 aromatic rings. The van der Waals surface area contributed by atoms with Crippen LogP contribution in [-0.2, 0) is 20.8 Å². The van der Waals surface area contributed by atoms with Crippen molar-refractivity contribution in [3.63, 3.8) is 0 Å². The Morgan fingerprint density at radius 1 is 1.63 bits per heavy atom. The Morgan fingerprint density at radius 3 is 3.16 bits per heavy atom. The summed E-state index contributed by atoms with van der Waals surface area (Å²) in [4.78, 5) is 13.4. The number of carbonyl (C=O) groups is 1. The third-order valence-electron chi connectivity index (χ3n) is 3.04. The van der Waals surface area contributed by atoms with E-state index in [4.69, 9.17) is 16.3 Å². The summed E-state index contributed by atoms with van der Waals surface area (Å²) in [6.45, 7) is 1.84. The number of benzene rings is 1. The smallest absolute Gasteiger partial charge is 0.336 e. The molecule has 2 rings (SSSR count). The van der Waals surface area contributed by atoms with Gasteiger partial charge in [-0.1, -0.05) is 23.7 Å². The topological polar surface area (TPSA) is 38.8 Å². The van der Waals surface area contributed by atoms with Crippen molar-refractivity contribution in [2.45, 2.75) is 12.6 Å². The number of morpholine rings is 1. The summed E-state index contributed by atoms with van der Waals surface area (Å²) in [5.74, 6) is -0.818. The summed E-state index contributed by atoms with van der Waals surface area (Å²) in [7, 11) is 1.32. The van der Waals surface area contributed by atoms with Crippen molar-refractivity contribution in [3.8, 4) is 0 Å². The zero-order valence-corrected chi connectivity index (χ0v) is 11.3. The van der Waals surface area contributed by atoms with E-state index >= 15 is 0 Å². The van der Waals surface area contributed by atoms with Crippen molar-refractivity contribution in [1.82, 2.24) is 4.90 Å². The Bertz CT molecular complexity index is 469. The van der Waals surface area contributed by atoms with Gasteiger partial charge in [0.2, 0.25) is 0 Å². The van der Waals surface area contributed by atoms with E-state index in [0.717, 1.165) is 0 Å². The van der Waals surface area contributed by atoms with Gasteiger partial charge in [-0.3, -0.25) is 4.90 Å². The van der Waals surface area contributed by atoms with Crippen molar-refractivity contribution < 1.29 is 18.7 Å². The molecule has 1 aliphatic heterocycles. The quantitative estimate of drug-likeness (QED) is 0.796. The molecule has 1 aromatic carbocycles. The lowest BCUT2D eigenvalue weighted by Gasteiger charge is -2.31. The molecule has 0 aliphatic carbocycles. The zero-order valence-electron chi connectivity index (χ0n) is 10.6. The molecule has 1 saturated heterocycles. The van der Waals surface area contributed by atoms with E-state index in [1.807, 2.05) is 4.90 Å². The minimum atomic E-state index is -0.610. The molecule has 1 heterocycles. The van der Waals surface area contributed by atoms with E-state index in [9.17, 15) is 9.18 Å². The number of ether oxygens (including phenoxy) is 2. The van der Waals surface area contributed by atoms with Crippen molar-refractivity contribution in [2.75, 3.05) is 26.8 Å². The van der Waals surface area contributed by atoms with E-state index in [0.29, 0.717) is 31.8 Å². The van der Waals surface area contributed by atoms with Crippen LogP contribution in [0.25, 0.3) is 0 Å². The normalized spacial score (nSPS) is 20.3. The Labute approximate surface area is 116 Å². The molecule has 6 heteroatoms. The molecule has 0 radical (unpaired) electrons. The second-order valence-electron chi connectivity index (χ2n) is 4.33. The van der Waals surface area contributed by atoms with Gasteiger partial charge >= 0.3 is 5.97 Å². The molecule has 104 valence electrons. The highest BCUT2D eigenvalue weighted by atomic mass is 35.5. The molecular weight excluding hydrogens is 273 g/mol. The summed E-state index contributed by atoms with van der Waals surface area (Å²) >= 11 is 5.74. The van der Waals surface area contributed by atoms with Crippen molar-refractivity contribution >= 4 is 17.6 Å². The average molecular weight is 288 g/mol. The van der Waals surface area contributed by atoms with Crippen molar-refractivity contribution in [2.24, 2.45) is 0 Å². The fraction of sp³-hybridized carbons (Fsp3) is 0.462. The van der Waals surface area contributed by atoms with Gasteiger partial charge in [0, 0.05) is 25.2 Å². The van der Waals surface area contributed by atoms with Crippen LogP contribution >= 0.6 is 11.6 Å². The van der Waals surface area contributed by atoms with Gasteiger partial charge in [-0.05, 0) is 6.07 Å². The van der Waals surface area contributed by atoms with Gasteiger partial charge in [-0.2, -0.15) is 0 Å². The van der Waals surface area contributed by atoms with Gasteiger partial charge in [0.25, 0.3) is 0 Å². The first kappa shape index (κ1) is 14.2. The van der Waals surface area contributed by atoms with Gasteiger partial charge in [0.1, 0.15) is 5.82 Å². The summed E-state index contributed by atoms with van der Waals surface area (Å²) in [5.41, 5.74) is 0.512. The first-order valence-electron chi connectivity index (χ1n) is 5.96. The lowest BCUT2D eigenvalue weighted by Crippen LogP contribution is -2.46. The van der Waals surface area contributed by atoms with E-state index in [-0.39, 0.29) is 5.02 Å². The first-order valence-corrected chi connectivity index (χ1v) is 6.34. The molecular formula is C13H15ClFNO3. The third kappa shape index (κ3) is 3.43. The maximum absolute atomic E-state index is 13.8. The molecule has 0 unspecified atom stereocenters. The largest absolute Gasteiger partial charge is 0.467 e. The van der Waals surface area contributed by atoms with Crippen LogP contribution < -0.4 is 0 Å². The fourth-order valence-electron chi connectivity index (χ4n) is 2.03. The van der Waals surface area contributed by atoms with Gasteiger partial charge in [0.05, 0.1) is 18.7 Å². The van der Waals surface area contributed by atoms with Crippen molar-refractivity contribution in [3.05, 3.63) is 34.6 Å². The summed E-state index contributed by atoms with van der Waals surface area (Å²) in [6, 6.07) is 4.90. The number of rotatable bonds is 3. The lowest BCUT2D eigenvalue weighted by atomic mass is 10.1. The highest BCUT2D eigenvalue weighted by molar-refractivity contribution is 6.30. The van der Waals surface area contributed by atoms with E-state index in [1.165, 1.54) is 13.2 Å². The predicted molar refractivity (Wildman–Crippen MR) is 68.4 cm³/mol. The summed E-state index contributed by atoms with van der Waals surface area (Å²) in [6.07, 6.45) is -0.610. The van der Waals surface area contributed by atoms with E-state index < -0.39 is 17.9 Å². The molecule has 0 amide bonds.